The molecule has 0 bridgehead atoms. The second-order valence-electron chi connectivity index (χ2n) is 5.64. The first-order valence-corrected chi connectivity index (χ1v) is 7.83. The van der Waals surface area contributed by atoms with E-state index in [-0.39, 0.29) is 0 Å². The van der Waals surface area contributed by atoms with Gasteiger partial charge in [-0.25, -0.2) is 4.98 Å². The van der Waals surface area contributed by atoms with Crippen LogP contribution in [0.1, 0.15) is 38.5 Å². The summed E-state index contributed by atoms with van der Waals surface area (Å²) in [6.45, 7) is 1.98. The zero-order valence-corrected chi connectivity index (χ0v) is 12.0. The van der Waals surface area contributed by atoms with Gasteiger partial charge in [-0.2, -0.15) is 0 Å². The first-order chi connectivity index (χ1) is 9.93. The second kappa shape index (κ2) is 6.75. The molecule has 1 fully saturated rings. The van der Waals surface area contributed by atoms with Gasteiger partial charge in [0.25, 0.3) is 0 Å². The smallest absolute Gasteiger partial charge is 0.138 e. The minimum Gasteiger partial charge on any atom is -0.370 e. The van der Waals surface area contributed by atoms with Crippen LogP contribution in [0.2, 0.25) is 0 Å². The molecule has 0 radical (unpaired) electrons. The third kappa shape index (κ3) is 3.31. The molecule has 2 aromatic heterocycles. The fourth-order valence-electron chi connectivity index (χ4n) is 3.04. The monoisotopic (exact) mass is 272 g/mol. The Hall–Kier alpha value is -1.55. The lowest BCUT2D eigenvalue weighted by molar-refractivity contribution is 0.468. The lowest BCUT2D eigenvalue weighted by Crippen LogP contribution is -2.32. The van der Waals surface area contributed by atoms with E-state index in [1.807, 2.05) is 24.5 Å². The molecule has 0 unspecified atom stereocenters. The zero-order chi connectivity index (χ0) is 13.6. The third-order valence-corrected chi connectivity index (χ3v) is 4.15. The van der Waals surface area contributed by atoms with Crippen LogP contribution in [0, 0.1) is 0 Å². The topological polar surface area (TPSA) is 41.4 Å². The molecule has 0 aliphatic heterocycles. The van der Waals surface area contributed by atoms with Gasteiger partial charge in [-0.1, -0.05) is 31.7 Å². The Bertz CT molecular complexity index is 526. The lowest BCUT2D eigenvalue weighted by atomic mass is 10.1. The number of anilines is 1. The summed E-state index contributed by atoms with van der Waals surface area (Å²) in [4.78, 5) is 4.30. The normalized spacial score (nSPS) is 17.2. The van der Waals surface area contributed by atoms with Crippen molar-refractivity contribution < 1.29 is 0 Å². The summed E-state index contributed by atoms with van der Waals surface area (Å²) in [5.74, 6) is 1.11. The first-order valence-electron chi connectivity index (χ1n) is 7.83. The van der Waals surface area contributed by atoms with Crippen LogP contribution >= 0.6 is 0 Å². The van der Waals surface area contributed by atoms with E-state index in [2.05, 4.69) is 26.1 Å². The fraction of sp³-hybridized carbons (Fsp3) is 0.562. The van der Waals surface area contributed by atoms with Crippen LogP contribution in [-0.4, -0.2) is 28.5 Å². The Kier molecular flexibility index (Phi) is 4.53. The van der Waals surface area contributed by atoms with Crippen molar-refractivity contribution in [1.82, 2.24) is 14.7 Å². The third-order valence-electron chi connectivity index (χ3n) is 4.15. The minimum atomic E-state index is 0.725. The Labute approximate surface area is 120 Å². The van der Waals surface area contributed by atoms with Crippen LogP contribution in [0.5, 0.6) is 0 Å². The van der Waals surface area contributed by atoms with Crippen LogP contribution in [0.3, 0.4) is 0 Å². The number of hydrogen-bond donors (Lipinski definition) is 2. The Balaban J connectivity index is 1.46. The maximum Gasteiger partial charge on any atom is 0.138 e. The molecular weight excluding hydrogens is 248 g/mol. The highest BCUT2D eigenvalue weighted by atomic mass is 15.1. The van der Waals surface area contributed by atoms with Crippen molar-refractivity contribution in [1.29, 1.82) is 0 Å². The van der Waals surface area contributed by atoms with E-state index >= 15 is 0 Å². The molecule has 0 aromatic carbocycles. The number of imidazole rings is 1. The van der Waals surface area contributed by atoms with E-state index in [9.17, 15) is 0 Å². The SMILES string of the molecule is c1cc(NCCNC2CCCCCC2)n2ccnc2c1. The van der Waals surface area contributed by atoms with E-state index in [1.54, 1.807) is 0 Å². The van der Waals surface area contributed by atoms with E-state index in [0.717, 1.165) is 30.6 Å². The van der Waals surface area contributed by atoms with Gasteiger partial charge in [0.2, 0.25) is 0 Å². The molecule has 2 N–H and O–H groups in total. The van der Waals surface area contributed by atoms with Gasteiger partial charge < -0.3 is 10.6 Å². The molecule has 4 nitrogen and oxygen atoms in total. The fourth-order valence-corrected chi connectivity index (χ4v) is 3.04. The van der Waals surface area contributed by atoms with Gasteiger partial charge in [0.1, 0.15) is 11.5 Å². The largest absolute Gasteiger partial charge is 0.370 e. The zero-order valence-electron chi connectivity index (χ0n) is 12.0. The molecule has 1 aliphatic rings. The van der Waals surface area contributed by atoms with Crippen molar-refractivity contribution in [2.24, 2.45) is 0 Å². The number of pyridine rings is 1. The van der Waals surface area contributed by atoms with Gasteiger partial charge in [0.05, 0.1) is 0 Å². The molecule has 0 saturated heterocycles. The average Bonchev–Trinajstić information content (AvgIpc) is 2.81. The molecule has 1 aliphatic carbocycles. The van der Waals surface area contributed by atoms with Gasteiger partial charge in [-0.05, 0) is 25.0 Å². The van der Waals surface area contributed by atoms with Crippen LogP contribution in [-0.2, 0) is 0 Å². The van der Waals surface area contributed by atoms with Crippen molar-refractivity contribution >= 4 is 11.5 Å². The van der Waals surface area contributed by atoms with Gasteiger partial charge in [0.15, 0.2) is 0 Å². The maximum absolute atomic E-state index is 4.30. The highest BCUT2D eigenvalue weighted by Gasteiger charge is 2.10. The summed E-state index contributed by atoms with van der Waals surface area (Å²) in [6.07, 6.45) is 12.1. The molecule has 0 atom stereocenters. The van der Waals surface area contributed by atoms with E-state index in [1.165, 1.54) is 38.5 Å². The van der Waals surface area contributed by atoms with E-state index in [4.69, 9.17) is 0 Å². The molecule has 20 heavy (non-hydrogen) atoms. The summed E-state index contributed by atoms with van der Waals surface area (Å²) in [5.41, 5.74) is 0.992. The summed E-state index contributed by atoms with van der Waals surface area (Å²) in [7, 11) is 0. The predicted molar refractivity (Wildman–Crippen MR) is 83.2 cm³/mol. The van der Waals surface area contributed by atoms with Gasteiger partial charge >= 0.3 is 0 Å². The van der Waals surface area contributed by atoms with E-state index in [0.29, 0.717) is 0 Å². The molecule has 1 saturated carbocycles. The standard InChI is InChI=1S/C16H24N4/c1-2-4-7-14(6-3-1)17-10-11-18-15-8-5-9-16-19-12-13-20(15)16/h5,8-9,12-14,17-18H,1-4,6-7,10-11H2. The van der Waals surface area contributed by atoms with Crippen LogP contribution in [0.15, 0.2) is 30.6 Å². The Morgan fingerprint density at radius 1 is 1.10 bits per heavy atom. The molecule has 2 heterocycles. The van der Waals surface area contributed by atoms with Crippen LogP contribution < -0.4 is 10.6 Å². The van der Waals surface area contributed by atoms with Crippen LogP contribution in [0.25, 0.3) is 5.65 Å². The molecule has 0 amide bonds. The molecule has 108 valence electrons. The van der Waals surface area contributed by atoms with Crippen molar-refractivity contribution in [3.63, 3.8) is 0 Å². The van der Waals surface area contributed by atoms with Crippen molar-refractivity contribution in [3.8, 4) is 0 Å². The quantitative estimate of drug-likeness (QED) is 0.649. The molecule has 3 rings (SSSR count). The van der Waals surface area contributed by atoms with Crippen LogP contribution in [0.4, 0.5) is 5.82 Å². The predicted octanol–water partition coefficient (Wildman–Crippen LogP) is 3.06. The number of fused-ring (bicyclic) bond motifs is 1. The molecule has 4 heteroatoms. The second-order valence-corrected chi connectivity index (χ2v) is 5.64. The molecule has 0 spiro atoms. The summed E-state index contributed by atoms with van der Waals surface area (Å²) in [6, 6.07) is 6.89. The lowest BCUT2D eigenvalue weighted by Gasteiger charge is -2.16. The number of nitrogens with one attached hydrogen (secondary N) is 2. The highest BCUT2D eigenvalue weighted by molar-refractivity contribution is 5.49. The number of aromatic nitrogens is 2. The number of rotatable bonds is 5. The Morgan fingerprint density at radius 3 is 2.80 bits per heavy atom. The minimum absolute atomic E-state index is 0.725. The van der Waals surface area contributed by atoms with Crippen molar-refractivity contribution in [3.05, 3.63) is 30.6 Å². The van der Waals surface area contributed by atoms with Gasteiger partial charge in [-0.3, -0.25) is 4.40 Å². The summed E-state index contributed by atoms with van der Waals surface area (Å²) < 4.78 is 2.09. The van der Waals surface area contributed by atoms with Crippen molar-refractivity contribution in [2.75, 3.05) is 18.4 Å². The van der Waals surface area contributed by atoms with Gasteiger partial charge in [-0.15, -0.1) is 0 Å². The molecule has 2 aromatic rings. The summed E-state index contributed by atoms with van der Waals surface area (Å²) >= 11 is 0. The average molecular weight is 272 g/mol. The first kappa shape index (κ1) is 13.4. The Morgan fingerprint density at radius 2 is 1.95 bits per heavy atom. The number of hydrogen-bond acceptors (Lipinski definition) is 3. The number of nitrogens with zero attached hydrogens (tertiary/aromatic N) is 2. The van der Waals surface area contributed by atoms with Crippen molar-refractivity contribution in [2.45, 2.75) is 44.6 Å². The van der Waals surface area contributed by atoms with E-state index < -0.39 is 0 Å². The maximum atomic E-state index is 4.30. The molecular formula is C16H24N4. The highest BCUT2D eigenvalue weighted by Crippen LogP contribution is 2.17. The van der Waals surface area contributed by atoms with Gasteiger partial charge in [0, 0.05) is 31.5 Å². The summed E-state index contributed by atoms with van der Waals surface area (Å²) in [5, 5.41) is 7.18.